The first-order valence-corrected chi connectivity index (χ1v) is 8.91. The van der Waals surface area contributed by atoms with Crippen molar-refractivity contribution >= 4 is 17.8 Å². The van der Waals surface area contributed by atoms with E-state index >= 15 is 0 Å². The van der Waals surface area contributed by atoms with E-state index in [1.807, 2.05) is 41.9 Å². The van der Waals surface area contributed by atoms with Crippen molar-refractivity contribution in [2.75, 3.05) is 70.3 Å². The van der Waals surface area contributed by atoms with Crippen molar-refractivity contribution in [2.24, 2.45) is 0 Å². The van der Waals surface area contributed by atoms with Crippen LogP contribution in [0.1, 0.15) is 12.8 Å². The van der Waals surface area contributed by atoms with Crippen LogP contribution < -0.4 is 9.80 Å². The lowest BCUT2D eigenvalue weighted by Gasteiger charge is -2.40. The van der Waals surface area contributed by atoms with E-state index in [2.05, 4.69) is 14.9 Å². The average Bonchev–Trinajstić information content (AvgIpc) is 2.67. The number of hydrogen-bond donors (Lipinski definition) is 0. The molecule has 25 heavy (non-hydrogen) atoms. The molecule has 8 heteroatoms. The summed E-state index contributed by atoms with van der Waals surface area (Å²) in [5.74, 6) is 1.63. The Balaban J connectivity index is 1.66. The summed E-state index contributed by atoms with van der Waals surface area (Å²) in [7, 11) is 5.85. The van der Waals surface area contributed by atoms with Gasteiger partial charge in [0.2, 0.25) is 5.95 Å². The highest BCUT2D eigenvalue weighted by Crippen LogP contribution is 2.21. The Bertz CT molecular complexity index is 590. The van der Waals surface area contributed by atoms with Crippen molar-refractivity contribution in [1.82, 2.24) is 19.8 Å². The van der Waals surface area contributed by atoms with E-state index in [1.165, 1.54) is 0 Å². The normalized spacial score (nSPS) is 21.2. The summed E-state index contributed by atoms with van der Waals surface area (Å²) in [6.45, 7) is 4.29. The maximum Gasteiger partial charge on any atom is 0.320 e. The smallest absolute Gasteiger partial charge is 0.320 e. The van der Waals surface area contributed by atoms with Gasteiger partial charge in [0.1, 0.15) is 5.82 Å². The van der Waals surface area contributed by atoms with E-state index in [0.717, 1.165) is 37.7 Å². The third-order valence-electron chi connectivity index (χ3n) is 4.90. The lowest BCUT2D eigenvalue weighted by molar-refractivity contribution is 0.0413. The number of urea groups is 1. The van der Waals surface area contributed by atoms with Crippen LogP contribution in [-0.2, 0) is 4.74 Å². The minimum absolute atomic E-state index is 0.0955. The Labute approximate surface area is 149 Å². The number of nitrogens with zero attached hydrogens (tertiary/aromatic N) is 6. The summed E-state index contributed by atoms with van der Waals surface area (Å²) >= 11 is 0. The van der Waals surface area contributed by atoms with Crippen LogP contribution in [0.3, 0.4) is 0 Å². The first-order valence-electron chi connectivity index (χ1n) is 8.91. The van der Waals surface area contributed by atoms with Gasteiger partial charge in [0.15, 0.2) is 0 Å². The van der Waals surface area contributed by atoms with Crippen LogP contribution in [0.5, 0.6) is 0 Å². The molecule has 0 radical (unpaired) electrons. The van der Waals surface area contributed by atoms with Crippen molar-refractivity contribution in [3.05, 3.63) is 12.3 Å². The first-order chi connectivity index (χ1) is 12.1. The first kappa shape index (κ1) is 17.7. The molecule has 3 heterocycles. The Morgan fingerprint density at radius 1 is 1.24 bits per heavy atom. The van der Waals surface area contributed by atoms with Crippen molar-refractivity contribution in [3.8, 4) is 0 Å². The van der Waals surface area contributed by atoms with E-state index in [0.29, 0.717) is 26.3 Å². The third kappa shape index (κ3) is 4.12. The van der Waals surface area contributed by atoms with E-state index in [4.69, 9.17) is 4.74 Å². The molecule has 2 aliphatic heterocycles. The van der Waals surface area contributed by atoms with Crippen LogP contribution in [0.25, 0.3) is 0 Å². The molecule has 1 unspecified atom stereocenters. The molecule has 0 bridgehead atoms. The van der Waals surface area contributed by atoms with Gasteiger partial charge in [-0.1, -0.05) is 0 Å². The van der Waals surface area contributed by atoms with Gasteiger partial charge < -0.3 is 24.3 Å². The number of likely N-dealkylation sites (N-methyl/N-ethyl adjacent to an activating group) is 1. The Morgan fingerprint density at radius 3 is 2.72 bits per heavy atom. The molecule has 3 rings (SSSR count). The molecule has 0 spiro atoms. The van der Waals surface area contributed by atoms with Gasteiger partial charge in [-0.15, -0.1) is 0 Å². The molecular formula is C17H28N6O2. The molecule has 0 N–H and O–H groups in total. The number of aromatic nitrogens is 2. The highest BCUT2D eigenvalue weighted by atomic mass is 16.5. The minimum Gasteiger partial charge on any atom is -0.378 e. The number of amides is 2. The quantitative estimate of drug-likeness (QED) is 0.808. The van der Waals surface area contributed by atoms with Crippen LogP contribution in [0.15, 0.2) is 12.3 Å². The largest absolute Gasteiger partial charge is 0.378 e. The lowest BCUT2D eigenvalue weighted by Crippen LogP contribution is -2.54. The number of ether oxygens (including phenoxy) is 1. The second-order valence-electron chi connectivity index (χ2n) is 6.84. The highest BCUT2D eigenvalue weighted by Gasteiger charge is 2.30. The Hall–Kier alpha value is -2.09. The van der Waals surface area contributed by atoms with Crippen LogP contribution in [0.2, 0.25) is 0 Å². The zero-order valence-corrected chi connectivity index (χ0v) is 15.4. The fraction of sp³-hybridized carbons (Fsp3) is 0.706. The van der Waals surface area contributed by atoms with E-state index in [9.17, 15) is 4.79 Å². The number of carbonyl (C=O) groups excluding carboxylic acids is 1. The molecule has 2 aliphatic rings. The van der Waals surface area contributed by atoms with Crippen molar-refractivity contribution in [1.29, 1.82) is 0 Å². The highest BCUT2D eigenvalue weighted by molar-refractivity contribution is 5.74. The number of piperidine rings is 1. The molecule has 0 aliphatic carbocycles. The molecular weight excluding hydrogens is 320 g/mol. The fourth-order valence-electron chi connectivity index (χ4n) is 3.33. The van der Waals surface area contributed by atoms with Gasteiger partial charge in [0.25, 0.3) is 0 Å². The van der Waals surface area contributed by atoms with Gasteiger partial charge >= 0.3 is 6.03 Å². The van der Waals surface area contributed by atoms with Crippen molar-refractivity contribution in [3.63, 3.8) is 0 Å². The predicted molar refractivity (Wildman–Crippen MR) is 97.1 cm³/mol. The number of carbonyl (C=O) groups is 1. The van der Waals surface area contributed by atoms with Crippen LogP contribution in [0.4, 0.5) is 16.6 Å². The van der Waals surface area contributed by atoms with Crippen molar-refractivity contribution < 1.29 is 9.53 Å². The van der Waals surface area contributed by atoms with Gasteiger partial charge in [-0.25, -0.2) is 9.78 Å². The number of rotatable bonds is 3. The topological polar surface area (TPSA) is 65.0 Å². The molecule has 2 amide bonds. The molecule has 138 valence electrons. The average molecular weight is 348 g/mol. The fourth-order valence-corrected chi connectivity index (χ4v) is 3.33. The lowest BCUT2D eigenvalue weighted by atomic mass is 10.1. The maximum atomic E-state index is 12.7. The molecule has 1 aromatic rings. The van der Waals surface area contributed by atoms with Crippen LogP contribution in [-0.4, -0.2) is 92.4 Å². The summed E-state index contributed by atoms with van der Waals surface area (Å²) in [6, 6.07) is 2.17. The van der Waals surface area contributed by atoms with E-state index in [1.54, 1.807) is 6.20 Å². The molecule has 2 fully saturated rings. The molecule has 2 saturated heterocycles. The van der Waals surface area contributed by atoms with Gasteiger partial charge in [-0.05, 0) is 18.9 Å². The predicted octanol–water partition coefficient (Wildman–Crippen LogP) is 0.895. The molecule has 8 nitrogen and oxygen atoms in total. The molecule has 0 aromatic carbocycles. The monoisotopic (exact) mass is 348 g/mol. The summed E-state index contributed by atoms with van der Waals surface area (Å²) in [4.78, 5) is 29.7. The summed E-state index contributed by atoms with van der Waals surface area (Å²) < 4.78 is 5.34. The van der Waals surface area contributed by atoms with E-state index < -0.39 is 0 Å². The maximum absolute atomic E-state index is 12.7. The third-order valence-corrected chi connectivity index (χ3v) is 4.90. The van der Waals surface area contributed by atoms with Gasteiger partial charge in [-0.2, -0.15) is 4.98 Å². The minimum atomic E-state index is 0.0955. The second kappa shape index (κ2) is 7.86. The molecule has 1 aromatic heterocycles. The summed E-state index contributed by atoms with van der Waals surface area (Å²) in [5, 5.41) is 0. The number of anilines is 2. The van der Waals surface area contributed by atoms with E-state index in [-0.39, 0.29) is 12.1 Å². The molecule has 1 atom stereocenters. The van der Waals surface area contributed by atoms with Crippen LogP contribution in [0, 0.1) is 0 Å². The zero-order valence-electron chi connectivity index (χ0n) is 15.4. The SMILES string of the molecule is CN(C)c1ccnc(N2CCCC(N(C)C(=O)N3CCOCC3)C2)n1. The van der Waals surface area contributed by atoms with Crippen LogP contribution >= 0.6 is 0 Å². The molecule has 0 saturated carbocycles. The Kier molecular flexibility index (Phi) is 5.57. The number of hydrogen-bond acceptors (Lipinski definition) is 6. The summed E-state index contributed by atoms with van der Waals surface area (Å²) in [5.41, 5.74) is 0. The zero-order chi connectivity index (χ0) is 17.8. The number of morpholine rings is 1. The second-order valence-corrected chi connectivity index (χ2v) is 6.84. The Morgan fingerprint density at radius 2 is 2.00 bits per heavy atom. The van der Waals surface area contributed by atoms with Crippen molar-refractivity contribution in [2.45, 2.75) is 18.9 Å². The standard InChI is InChI=1S/C17H28N6O2/c1-20(2)15-6-7-18-16(19-15)23-8-4-5-14(13-23)21(3)17(24)22-9-11-25-12-10-22/h6-7,14H,4-5,8-13H2,1-3H3. The van der Waals surface area contributed by atoms with Gasteiger partial charge in [0.05, 0.1) is 19.3 Å². The van der Waals surface area contributed by atoms with Gasteiger partial charge in [-0.3, -0.25) is 0 Å². The van der Waals surface area contributed by atoms with Gasteiger partial charge in [0, 0.05) is 53.5 Å². The summed E-state index contributed by atoms with van der Waals surface area (Å²) in [6.07, 6.45) is 3.83.